The van der Waals surface area contributed by atoms with Crippen LogP contribution in [-0.2, 0) is 21.1 Å². The van der Waals surface area contributed by atoms with Crippen LogP contribution in [0, 0.1) is 20.8 Å². The first-order valence-corrected chi connectivity index (χ1v) is 14.5. The predicted octanol–water partition coefficient (Wildman–Crippen LogP) is 7.44. The Labute approximate surface area is 250 Å². The molecule has 3 nitrogen and oxygen atoms in total. The molecule has 0 bridgehead atoms. The van der Waals surface area contributed by atoms with Crippen molar-refractivity contribution >= 4 is 0 Å². The molecule has 6 aromatic rings. The molecule has 0 spiro atoms. The van der Waals surface area contributed by atoms with E-state index in [2.05, 4.69) is 189 Å². The van der Waals surface area contributed by atoms with Gasteiger partial charge in [-0.25, -0.2) is 9.13 Å². The number of hydrogen-bond acceptors (Lipinski definition) is 0. The fourth-order valence-electron chi connectivity index (χ4n) is 5.64. The summed E-state index contributed by atoms with van der Waals surface area (Å²) < 4.78 is 6.61. The first-order chi connectivity index (χ1) is 20.4. The van der Waals surface area contributed by atoms with Gasteiger partial charge < -0.3 is 0 Å². The summed E-state index contributed by atoms with van der Waals surface area (Å²) in [4.78, 5) is 0. The van der Waals surface area contributed by atoms with Gasteiger partial charge in [0.1, 0.15) is 21.1 Å². The minimum absolute atomic E-state index is 1.23. The Hall–Kier alpha value is -4.89. The zero-order valence-electron chi connectivity index (χ0n) is 25.5. The summed E-state index contributed by atoms with van der Waals surface area (Å²) >= 11 is 0. The highest BCUT2D eigenvalue weighted by Crippen LogP contribution is 2.28. The van der Waals surface area contributed by atoms with E-state index in [1.165, 1.54) is 61.7 Å². The van der Waals surface area contributed by atoms with Crippen LogP contribution in [0.15, 0.2) is 134 Å². The lowest BCUT2D eigenvalue weighted by atomic mass is 9.97. The van der Waals surface area contributed by atoms with E-state index in [4.69, 9.17) is 0 Å². The van der Waals surface area contributed by atoms with Crippen molar-refractivity contribution in [1.29, 1.82) is 0 Å². The monoisotopic (exact) mass is 550 g/mol. The van der Waals surface area contributed by atoms with Crippen LogP contribution >= 0.6 is 0 Å². The molecule has 0 saturated carbocycles. The first-order valence-electron chi connectivity index (χ1n) is 14.5. The number of pyridine rings is 3. The normalized spacial score (nSPS) is 10.6. The van der Waals surface area contributed by atoms with Crippen molar-refractivity contribution in [3.63, 3.8) is 0 Å². The standard InChI is InChI=1S/C20H20N.C19H20N2/c1-15-9-4-6-11-17(15)19-13-8-14-20(21(19)3)18-12-7-5-10-16(18)2;1-15-16(18-11-4-6-13-20(18)2)9-8-10-17(15)19-12-5-7-14-21(19)3/h2*4-14H,1-3H3/q+1;+2. The van der Waals surface area contributed by atoms with Crippen LogP contribution in [-0.4, -0.2) is 0 Å². The smallest absolute Gasteiger partial charge is 0.201 e. The van der Waals surface area contributed by atoms with Gasteiger partial charge in [-0.3, -0.25) is 0 Å². The topological polar surface area (TPSA) is 11.6 Å². The third-order valence-electron chi connectivity index (χ3n) is 8.07. The molecule has 0 N–H and O–H groups in total. The molecule has 3 aromatic heterocycles. The second kappa shape index (κ2) is 12.7. The largest absolute Gasteiger partial charge is 0.213 e. The molecule has 0 aliphatic rings. The Morgan fingerprint density at radius 1 is 0.357 bits per heavy atom. The van der Waals surface area contributed by atoms with E-state index < -0.39 is 0 Å². The van der Waals surface area contributed by atoms with E-state index in [9.17, 15) is 0 Å². The molecule has 0 radical (unpaired) electrons. The van der Waals surface area contributed by atoms with Crippen molar-refractivity contribution in [3.8, 4) is 45.0 Å². The lowest BCUT2D eigenvalue weighted by Crippen LogP contribution is -2.34. The van der Waals surface area contributed by atoms with E-state index in [1.807, 2.05) is 0 Å². The number of nitrogens with zero attached hydrogens (tertiary/aromatic N) is 3. The lowest BCUT2D eigenvalue weighted by Gasteiger charge is -2.09. The number of benzene rings is 3. The van der Waals surface area contributed by atoms with Gasteiger partial charge in [-0.1, -0.05) is 42.5 Å². The Bertz CT molecular complexity index is 1590. The summed E-state index contributed by atoms with van der Waals surface area (Å²) in [7, 11) is 6.32. The van der Waals surface area contributed by atoms with Crippen molar-refractivity contribution in [2.24, 2.45) is 21.1 Å². The lowest BCUT2D eigenvalue weighted by molar-refractivity contribution is -0.660. The Kier molecular flexibility index (Phi) is 8.68. The van der Waals surface area contributed by atoms with Crippen LogP contribution in [0.1, 0.15) is 16.7 Å². The van der Waals surface area contributed by atoms with Crippen LogP contribution in [0.5, 0.6) is 0 Å². The van der Waals surface area contributed by atoms with Gasteiger partial charge >= 0.3 is 0 Å². The third kappa shape index (κ3) is 5.91. The number of rotatable bonds is 4. The number of aryl methyl sites for hydroxylation is 4. The van der Waals surface area contributed by atoms with Crippen molar-refractivity contribution in [1.82, 2.24) is 0 Å². The van der Waals surface area contributed by atoms with Crippen molar-refractivity contribution in [2.75, 3.05) is 0 Å². The molecule has 0 atom stereocenters. The molecular weight excluding hydrogens is 510 g/mol. The van der Waals surface area contributed by atoms with Gasteiger partial charge in [0.25, 0.3) is 0 Å². The van der Waals surface area contributed by atoms with Crippen LogP contribution in [0.25, 0.3) is 45.0 Å². The van der Waals surface area contributed by atoms with Gasteiger partial charge in [-0.05, 0) is 79.9 Å². The highest BCUT2D eigenvalue weighted by Gasteiger charge is 2.19. The summed E-state index contributed by atoms with van der Waals surface area (Å²) in [6, 6.07) is 42.7. The average Bonchev–Trinajstić information content (AvgIpc) is 3.00. The zero-order valence-corrected chi connectivity index (χ0v) is 25.5. The molecule has 0 saturated heterocycles. The Balaban J connectivity index is 0.000000168. The second-order valence-corrected chi connectivity index (χ2v) is 10.9. The molecule has 3 heteroatoms. The summed E-state index contributed by atoms with van der Waals surface area (Å²) in [6.45, 7) is 6.52. The number of hydrogen-bond donors (Lipinski definition) is 0. The van der Waals surface area contributed by atoms with Gasteiger partial charge in [-0.15, -0.1) is 0 Å². The summed E-state index contributed by atoms with van der Waals surface area (Å²) in [5.41, 5.74) is 14.0. The highest BCUT2D eigenvalue weighted by atomic mass is 14.9. The molecule has 208 valence electrons. The SMILES string of the molecule is Cc1c(-c2cccc[n+]2C)cccc1-c1cccc[n+]1C.Cc1ccccc1-c1cccc(-c2ccccc2C)[n+]1C. The zero-order chi connectivity index (χ0) is 29.6. The number of aromatic nitrogens is 3. The van der Waals surface area contributed by atoms with E-state index in [1.54, 1.807) is 0 Å². The quantitative estimate of drug-likeness (QED) is 0.202. The minimum atomic E-state index is 1.23. The molecule has 6 rings (SSSR count). The molecule has 0 unspecified atom stereocenters. The predicted molar refractivity (Wildman–Crippen MR) is 172 cm³/mol. The van der Waals surface area contributed by atoms with Crippen LogP contribution in [0.4, 0.5) is 0 Å². The van der Waals surface area contributed by atoms with Gasteiger partial charge in [0.2, 0.25) is 22.8 Å². The van der Waals surface area contributed by atoms with Crippen LogP contribution < -0.4 is 13.7 Å². The molecular formula is C39H40N3+3. The van der Waals surface area contributed by atoms with Gasteiger partial charge in [-0.2, -0.15) is 4.57 Å². The molecule has 0 aliphatic heterocycles. The maximum atomic E-state index is 2.28. The Morgan fingerprint density at radius 3 is 1.14 bits per heavy atom. The van der Waals surface area contributed by atoms with E-state index in [-0.39, 0.29) is 0 Å². The highest BCUT2D eigenvalue weighted by molar-refractivity contribution is 5.73. The molecule has 0 fully saturated rings. The van der Waals surface area contributed by atoms with Crippen molar-refractivity contribution in [2.45, 2.75) is 20.8 Å². The molecule has 3 heterocycles. The second-order valence-electron chi connectivity index (χ2n) is 10.9. The van der Waals surface area contributed by atoms with E-state index in [0.29, 0.717) is 0 Å². The van der Waals surface area contributed by atoms with Crippen LogP contribution in [0.2, 0.25) is 0 Å². The van der Waals surface area contributed by atoms with Crippen molar-refractivity contribution in [3.05, 3.63) is 150 Å². The molecule has 42 heavy (non-hydrogen) atoms. The molecule has 0 amide bonds. The summed E-state index contributed by atoms with van der Waals surface area (Å²) in [5, 5.41) is 0. The van der Waals surface area contributed by atoms with E-state index in [0.717, 1.165) is 0 Å². The fraction of sp³-hybridized carbons (Fsp3) is 0.154. The maximum absolute atomic E-state index is 2.28. The van der Waals surface area contributed by atoms with Gasteiger partial charge in [0.05, 0.1) is 0 Å². The molecule has 0 aliphatic carbocycles. The summed E-state index contributed by atoms with van der Waals surface area (Å²) in [5.74, 6) is 0. The minimum Gasteiger partial charge on any atom is -0.201 e. The Morgan fingerprint density at radius 2 is 0.714 bits per heavy atom. The van der Waals surface area contributed by atoms with Crippen LogP contribution in [0.3, 0.4) is 0 Å². The fourth-order valence-corrected chi connectivity index (χ4v) is 5.64. The molecule has 3 aromatic carbocycles. The van der Waals surface area contributed by atoms with Crippen molar-refractivity contribution < 1.29 is 13.7 Å². The summed E-state index contributed by atoms with van der Waals surface area (Å²) in [6.07, 6.45) is 4.17. The maximum Gasteiger partial charge on any atom is 0.213 e. The van der Waals surface area contributed by atoms with Gasteiger partial charge in [0, 0.05) is 58.7 Å². The third-order valence-corrected chi connectivity index (χ3v) is 8.07. The van der Waals surface area contributed by atoms with Gasteiger partial charge in [0.15, 0.2) is 12.4 Å². The first kappa shape index (κ1) is 28.6. The average molecular weight is 551 g/mol. The van der Waals surface area contributed by atoms with E-state index >= 15 is 0 Å².